The Morgan fingerprint density at radius 1 is 1.33 bits per heavy atom. The lowest BCUT2D eigenvalue weighted by atomic mass is 9.94. The van der Waals surface area contributed by atoms with Crippen molar-refractivity contribution < 1.29 is 13.9 Å². The first-order valence-electron chi connectivity index (χ1n) is 6.56. The number of rotatable bonds is 2. The average Bonchev–Trinajstić information content (AvgIpc) is 2.86. The van der Waals surface area contributed by atoms with Gasteiger partial charge in [-0.05, 0) is 44.0 Å². The van der Waals surface area contributed by atoms with Gasteiger partial charge in [-0.15, -0.1) is 0 Å². The molecule has 1 fully saturated rings. The van der Waals surface area contributed by atoms with Gasteiger partial charge in [-0.3, -0.25) is 0 Å². The Morgan fingerprint density at radius 2 is 2.22 bits per heavy atom. The van der Waals surface area contributed by atoms with Crippen LogP contribution in [0.2, 0.25) is 0 Å². The van der Waals surface area contributed by atoms with E-state index in [4.69, 9.17) is 9.47 Å². The zero-order valence-electron chi connectivity index (χ0n) is 10.5. The van der Waals surface area contributed by atoms with Gasteiger partial charge in [0.15, 0.2) is 11.5 Å². The van der Waals surface area contributed by atoms with Crippen LogP contribution in [0.4, 0.5) is 4.39 Å². The smallest absolute Gasteiger partial charge is 0.231 e. The molecule has 0 spiro atoms. The van der Waals surface area contributed by atoms with Crippen molar-refractivity contribution in [2.45, 2.75) is 38.4 Å². The summed E-state index contributed by atoms with van der Waals surface area (Å²) in [5, 5.41) is 3.47. The molecular weight excluding hydrogens is 233 g/mol. The summed E-state index contributed by atoms with van der Waals surface area (Å²) in [6, 6.07) is 3.92. The van der Waals surface area contributed by atoms with Crippen LogP contribution in [0, 0.1) is 0 Å². The Balaban J connectivity index is 2.00. The van der Waals surface area contributed by atoms with Gasteiger partial charge in [0.1, 0.15) is 6.17 Å². The molecule has 0 radical (unpaired) electrons. The van der Waals surface area contributed by atoms with E-state index in [1.165, 1.54) is 12.8 Å². The molecule has 0 aliphatic carbocycles. The molecule has 0 amide bonds. The number of alkyl halides is 1. The van der Waals surface area contributed by atoms with Crippen LogP contribution >= 0.6 is 0 Å². The largest absolute Gasteiger partial charge is 0.454 e. The molecule has 0 saturated carbocycles. The lowest BCUT2D eigenvalue weighted by Crippen LogP contribution is -2.27. The molecule has 3 nitrogen and oxygen atoms in total. The fourth-order valence-corrected chi connectivity index (χ4v) is 2.67. The molecule has 3 rings (SSSR count). The van der Waals surface area contributed by atoms with Crippen molar-refractivity contribution in [2.24, 2.45) is 0 Å². The highest BCUT2D eigenvalue weighted by atomic mass is 19.1. The van der Waals surface area contributed by atoms with E-state index in [0.29, 0.717) is 11.3 Å². The molecular formula is C14H18FNO2. The van der Waals surface area contributed by atoms with E-state index < -0.39 is 6.17 Å². The van der Waals surface area contributed by atoms with Gasteiger partial charge in [-0.25, -0.2) is 4.39 Å². The first-order valence-corrected chi connectivity index (χ1v) is 6.56. The molecule has 98 valence electrons. The van der Waals surface area contributed by atoms with E-state index in [-0.39, 0.29) is 12.8 Å². The highest BCUT2D eigenvalue weighted by Gasteiger charge is 2.26. The minimum absolute atomic E-state index is 0.235. The normalized spacial score (nSPS) is 24.0. The van der Waals surface area contributed by atoms with Crippen LogP contribution in [0.1, 0.15) is 49.5 Å². The monoisotopic (exact) mass is 251 g/mol. The number of piperidine rings is 1. The summed E-state index contributed by atoms with van der Waals surface area (Å²) in [5.41, 5.74) is 1.71. The van der Waals surface area contributed by atoms with Crippen LogP contribution in [0.5, 0.6) is 11.5 Å². The zero-order valence-corrected chi connectivity index (χ0v) is 10.5. The summed E-state index contributed by atoms with van der Waals surface area (Å²) in [5.74, 6) is 1.47. The zero-order chi connectivity index (χ0) is 12.5. The van der Waals surface area contributed by atoms with Gasteiger partial charge in [0.25, 0.3) is 0 Å². The maximum Gasteiger partial charge on any atom is 0.231 e. The summed E-state index contributed by atoms with van der Waals surface area (Å²) in [6.07, 6.45) is 2.49. The van der Waals surface area contributed by atoms with Crippen LogP contribution in [0.25, 0.3) is 0 Å². The number of ether oxygens (including phenoxy) is 2. The van der Waals surface area contributed by atoms with E-state index >= 15 is 0 Å². The molecule has 18 heavy (non-hydrogen) atoms. The summed E-state index contributed by atoms with van der Waals surface area (Å²) in [7, 11) is 0. The molecule has 2 aliphatic rings. The Labute approximate surface area is 106 Å². The van der Waals surface area contributed by atoms with E-state index in [1.54, 1.807) is 13.0 Å². The van der Waals surface area contributed by atoms with Crippen LogP contribution < -0.4 is 14.8 Å². The van der Waals surface area contributed by atoms with Gasteiger partial charge in [-0.2, -0.15) is 0 Å². The van der Waals surface area contributed by atoms with Gasteiger partial charge in [0, 0.05) is 11.6 Å². The number of hydrogen-bond donors (Lipinski definition) is 1. The first-order chi connectivity index (χ1) is 8.75. The Kier molecular flexibility index (Phi) is 3.12. The molecule has 2 atom stereocenters. The van der Waals surface area contributed by atoms with Gasteiger partial charge >= 0.3 is 0 Å². The van der Waals surface area contributed by atoms with E-state index in [0.717, 1.165) is 24.3 Å². The average molecular weight is 251 g/mol. The maximum atomic E-state index is 13.5. The van der Waals surface area contributed by atoms with Crippen molar-refractivity contribution in [1.82, 2.24) is 5.32 Å². The Morgan fingerprint density at radius 3 is 2.94 bits per heavy atom. The molecule has 0 bridgehead atoms. The first kappa shape index (κ1) is 11.8. The van der Waals surface area contributed by atoms with Crippen LogP contribution in [0.15, 0.2) is 12.1 Å². The highest BCUT2D eigenvalue weighted by Crippen LogP contribution is 2.43. The SMILES string of the molecule is CC(F)c1cc2c(c(C3CCCCN3)c1)OCO2. The number of halogens is 1. The maximum absolute atomic E-state index is 13.5. The third-order valence-electron chi connectivity index (χ3n) is 3.67. The third kappa shape index (κ3) is 2.05. The fourth-order valence-electron chi connectivity index (χ4n) is 2.67. The van der Waals surface area contributed by atoms with Crippen LogP contribution in [0.3, 0.4) is 0 Å². The van der Waals surface area contributed by atoms with E-state index in [9.17, 15) is 4.39 Å². The second-order valence-electron chi connectivity index (χ2n) is 4.96. The quantitative estimate of drug-likeness (QED) is 0.875. The standard InChI is InChI=1S/C14H18FNO2/c1-9(15)10-6-11(12-4-2-3-5-16-12)14-13(7-10)17-8-18-14/h6-7,9,12,16H,2-5,8H2,1H3. The molecule has 2 unspecified atom stereocenters. The summed E-state index contributed by atoms with van der Waals surface area (Å²) >= 11 is 0. The van der Waals surface area contributed by atoms with Crippen LogP contribution in [-0.2, 0) is 0 Å². The topological polar surface area (TPSA) is 30.5 Å². The van der Waals surface area contributed by atoms with Crippen molar-refractivity contribution in [3.8, 4) is 11.5 Å². The molecule has 1 aromatic rings. The lowest BCUT2D eigenvalue weighted by Gasteiger charge is -2.25. The van der Waals surface area contributed by atoms with E-state index in [2.05, 4.69) is 5.32 Å². The predicted molar refractivity (Wildman–Crippen MR) is 66.7 cm³/mol. The third-order valence-corrected chi connectivity index (χ3v) is 3.67. The van der Waals surface area contributed by atoms with Crippen molar-refractivity contribution in [2.75, 3.05) is 13.3 Å². The van der Waals surface area contributed by atoms with E-state index in [1.807, 2.05) is 6.07 Å². The Bertz CT molecular complexity index is 442. The van der Waals surface area contributed by atoms with Crippen LogP contribution in [-0.4, -0.2) is 13.3 Å². The Hall–Kier alpha value is -1.29. The fraction of sp³-hybridized carbons (Fsp3) is 0.571. The molecule has 4 heteroatoms. The number of benzene rings is 1. The molecule has 0 aromatic heterocycles. The minimum atomic E-state index is -0.984. The number of hydrogen-bond acceptors (Lipinski definition) is 3. The minimum Gasteiger partial charge on any atom is -0.454 e. The van der Waals surface area contributed by atoms with Gasteiger partial charge < -0.3 is 14.8 Å². The highest BCUT2D eigenvalue weighted by molar-refractivity contribution is 5.52. The van der Waals surface area contributed by atoms with Gasteiger partial charge in [0.2, 0.25) is 6.79 Å². The molecule has 1 saturated heterocycles. The number of nitrogens with one attached hydrogen (secondary N) is 1. The van der Waals surface area contributed by atoms with Crippen molar-refractivity contribution in [3.05, 3.63) is 23.3 Å². The molecule has 1 N–H and O–H groups in total. The van der Waals surface area contributed by atoms with Gasteiger partial charge in [-0.1, -0.05) is 6.42 Å². The summed E-state index contributed by atoms with van der Waals surface area (Å²) < 4.78 is 24.5. The predicted octanol–water partition coefficient (Wildman–Crippen LogP) is 3.26. The molecule has 1 aromatic carbocycles. The summed E-state index contributed by atoms with van der Waals surface area (Å²) in [4.78, 5) is 0. The van der Waals surface area contributed by atoms with Crippen molar-refractivity contribution in [3.63, 3.8) is 0 Å². The second kappa shape index (κ2) is 4.76. The van der Waals surface area contributed by atoms with Crippen molar-refractivity contribution in [1.29, 1.82) is 0 Å². The summed E-state index contributed by atoms with van der Waals surface area (Å²) in [6.45, 7) is 2.80. The van der Waals surface area contributed by atoms with Crippen molar-refractivity contribution >= 4 is 0 Å². The number of fused-ring (bicyclic) bond motifs is 1. The molecule has 2 aliphatic heterocycles. The molecule has 2 heterocycles. The second-order valence-corrected chi connectivity index (χ2v) is 4.96. The van der Waals surface area contributed by atoms with Gasteiger partial charge in [0.05, 0.1) is 0 Å². The lowest BCUT2D eigenvalue weighted by molar-refractivity contribution is 0.172.